The molecule has 1 N–H and O–H groups in total. The highest BCUT2D eigenvalue weighted by molar-refractivity contribution is 7.09. The largest absolute Gasteiger partial charge is 0.341 e. The van der Waals surface area contributed by atoms with Crippen molar-refractivity contribution in [3.63, 3.8) is 0 Å². The Morgan fingerprint density at radius 2 is 1.97 bits per heavy atom. The molecule has 1 aliphatic heterocycles. The molecule has 0 aliphatic carbocycles. The van der Waals surface area contributed by atoms with Crippen molar-refractivity contribution in [1.82, 2.24) is 20.2 Å². The number of aromatic nitrogens is 2. The Hall–Kier alpha value is -2.71. The minimum Gasteiger partial charge on any atom is -0.341 e. The minimum atomic E-state index is -0.826. The molecule has 1 unspecified atom stereocenters. The molecule has 0 saturated carbocycles. The van der Waals surface area contributed by atoms with Crippen molar-refractivity contribution in [2.45, 2.75) is 25.4 Å². The highest BCUT2D eigenvalue weighted by Gasteiger charge is 2.31. The third-order valence-electron chi connectivity index (χ3n) is 5.40. The van der Waals surface area contributed by atoms with Crippen LogP contribution in [0, 0.1) is 17.6 Å². The van der Waals surface area contributed by atoms with Crippen molar-refractivity contribution in [1.29, 1.82) is 0 Å². The van der Waals surface area contributed by atoms with Gasteiger partial charge in [-0.1, -0.05) is 12.1 Å². The van der Waals surface area contributed by atoms with Crippen molar-refractivity contribution < 1.29 is 13.6 Å². The van der Waals surface area contributed by atoms with Crippen LogP contribution >= 0.6 is 11.3 Å². The standard InChI is InChI=1S/C22H22F2N4OS/c23-17-5-4-15(13-18(17)24)14-28-10-6-16(7-11-28)20(22-26-9-12-30-22)27-21(29)19-3-1-2-8-25-19/h1-5,8-9,12-13,16,20H,6-7,10-11,14H2,(H,27,29). The van der Waals surface area contributed by atoms with E-state index in [1.165, 1.54) is 23.5 Å². The molecule has 0 radical (unpaired) electrons. The number of amides is 1. The maximum Gasteiger partial charge on any atom is 0.270 e. The fourth-order valence-electron chi connectivity index (χ4n) is 3.82. The van der Waals surface area contributed by atoms with Gasteiger partial charge in [0.1, 0.15) is 10.7 Å². The quantitative estimate of drug-likeness (QED) is 0.639. The summed E-state index contributed by atoms with van der Waals surface area (Å²) >= 11 is 1.53. The number of likely N-dealkylation sites (tertiary alicyclic amines) is 1. The Morgan fingerprint density at radius 1 is 1.13 bits per heavy atom. The van der Waals surface area contributed by atoms with Crippen LogP contribution in [0.15, 0.2) is 54.2 Å². The molecule has 1 amide bonds. The second-order valence-corrected chi connectivity index (χ2v) is 8.32. The number of carbonyl (C=O) groups excluding carboxylic acids is 1. The van der Waals surface area contributed by atoms with Crippen molar-refractivity contribution in [2.75, 3.05) is 13.1 Å². The SMILES string of the molecule is O=C(NC(c1nccs1)C1CCN(Cc2ccc(F)c(F)c2)CC1)c1ccccn1. The van der Waals surface area contributed by atoms with Crippen LogP contribution in [0.5, 0.6) is 0 Å². The summed E-state index contributed by atoms with van der Waals surface area (Å²) < 4.78 is 26.6. The van der Waals surface area contributed by atoms with Crippen molar-refractivity contribution >= 4 is 17.2 Å². The van der Waals surface area contributed by atoms with Gasteiger partial charge in [-0.05, 0) is 61.7 Å². The topological polar surface area (TPSA) is 58.1 Å². The molecule has 0 spiro atoms. The van der Waals surface area contributed by atoms with E-state index in [0.29, 0.717) is 12.2 Å². The molecule has 30 heavy (non-hydrogen) atoms. The highest BCUT2D eigenvalue weighted by Crippen LogP contribution is 2.32. The number of piperidine rings is 1. The molecule has 8 heteroatoms. The number of thiazole rings is 1. The average molecular weight is 429 g/mol. The van der Waals surface area contributed by atoms with Crippen molar-refractivity contribution in [3.8, 4) is 0 Å². The number of hydrogen-bond acceptors (Lipinski definition) is 5. The fourth-order valence-corrected chi connectivity index (χ4v) is 4.60. The zero-order valence-electron chi connectivity index (χ0n) is 16.3. The maximum atomic E-state index is 13.5. The van der Waals surface area contributed by atoms with E-state index in [1.54, 1.807) is 36.7 Å². The Bertz CT molecular complexity index is 976. The van der Waals surface area contributed by atoms with Crippen molar-refractivity contribution in [3.05, 3.63) is 82.1 Å². The highest BCUT2D eigenvalue weighted by atomic mass is 32.1. The number of pyridine rings is 1. The number of hydrogen-bond donors (Lipinski definition) is 1. The van der Waals surface area contributed by atoms with Crippen LogP contribution in [0.4, 0.5) is 8.78 Å². The Kier molecular flexibility index (Phi) is 6.44. The molecule has 1 saturated heterocycles. The summed E-state index contributed by atoms with van der Waals surface area (Å²) in [5.74, 6) is -1.61. The summed E-state index contributed by atoms with van der Waals surface area (Å²) in [6.07, 6.45) is 5.09. The normalized spacial score (nSPS) is 16.3. The van der Waals surface area contributed by atoms with Gasteiger partial charge in [0.05, 0.1) is 6.04 Å². The first-order valence-corrected chi connectivity index (χ1v) is 10.8. The molecular formula is C22H22F2N4OS. The van der Waals surface area contributed by atoms with Crippen LogP contribution in [-0.2, 0) is 6.54 Å². The zero-order valence-corrected chi connectivity index (χ0v) is 17.1. The van der Waals surface area contributed by atoms with Gasteiger partial charge in [0.15, 0.2) is 11.6 Å². The van der Waals surface area contributed by atoms with Gasteiger partial charge in [-0.2, -0.15) is 0 Å². The summed E-state index contributed by atoms with van der Waals surface area (Å²) in [6, 6.07) is 9.13. The molecule has 1 aliphatic rings. The van der Waals surface area contributed by atoms with Crippen LogP contribution in [0.25, 0.3) is 0 Å². The first-order valence-electron chi connectivity index (χ1n) is 9.87. The fraction of sp³-hybridized carbons (Fsp3) is 0.318. The van der Waals surface area contributed by atoms with Gasteiger partial charge in [-0.15, -0.1) is 11.3 Å². The van der Waals surface area contributed by atoms with E-state index in [1.807, 2.05) is 5.38 Å². The number of carbonyl (C=O) groups is 1. The molecule has 5 nitrogen and oxygen atoms in total. The number of nitrogens with zero attached hydrogens (tertiary/aromatic N) is 3. The van der Waals surface area contributed by atoms with E-state index in [4.69, 9.17) is 0 Å². The summed E-state index contributed by atoms with van der Waals surface area (Å²) in [5, 5.41) is 5.92. The van der Waals surface area contributed by atoms with E-state index in [2.05, 4.69) is 20.2 Å². The molecule has 3 heterocycles. The average Bonchev–Trinajstić information content (AvgIpc) is 3.30. The van der Waals surface area contributed by atoms with Gasteiger partial charge < -0.3 is 5.32 Å². The van der Waals surface area contributed by atoms with Crippen LogP contribution in [0.2, 0.25) is 0 Å². The molecule has 4 rings (SSSR count). The van der Waals surface area contributed by atoms with Gasteiger partial charge >= 0.3 is 0 Å². The van der Waals surface area contributed by atoms with E-state index in [9.17, 15) is 13.6 Å². The van der Waals surface area contributed by atoms with Crippen LogP contribution in [-0.4, -0.2) is 33.9 Å². The predicted octanol–water partition coefficient (Wildman–Crippen LogP) is 4.20. The number of benzene rings is 1. The second kappa shape index (κ2) is 9.40. The Labute approximate surface area is 177 Å². The lowest BCUT2D eigenvalue weighted by atomic mass is 9.89. The first-order chi connectivity index (χ1) is 14.6. The second-order valence-electron chi connectivity index (χ2n) is 7.40. The lowest BCUT2D eigenvalue weighted by Crippen LogP contribution is -2.40. The van der Waals surface area contributed by atoms with Gasteiger partial charge in [0.25, 0.3) is 5.91 Å². The van der Waals surface area contributed by atoms with E-state index < -0.39 is 11.6 Å². The Morgan fingerprint density at radius 3 is 2.63 bits per heavy atom. The third-order valence-corrected chi connectivity index (χ3v) is 6.25. The molecule has 1 atom stereocenters. The third kappa shape index (κ3) is 4.88. The van der Waals surface area contributed by atoms with Gasteiger partial charge in [0.2, 0.25) is 0 Å². The summed E-state index contributed by atoms with van der Waals surface area (Å²) in [6.45, 7) is 2.20. The van der Waals surface area contributed by atoms with E-state index in [-0.39, 0.29) is 17.9 Å². The zero-order chi connectivity index (χ0) is 20.9. The first kappa shape index (κ1) is 20.6. The minimum absolute atomic E-state index is 0.176. The molecule has 3 aromatic rings. The molecule has 156 valence electrons. The number of nitrogens with one attached hydrogen (secondary N) is 1. The molecule has 0 bridgehead atoms. The molecule has 1 fully saturated rings. The van der Waals surface area contributed by atoms with Crippen molar-refractivity contribution in [2.24, 2.45) is 5.92 Å². The lowest BCUT2D eigenvalue weighted by Gasteiger charge is -2.35. The van der Waals surface area contributed by atoms with Crippen LogP contribution in [0.3, 0.4) is 0 Å². The lowest BCUT2D eigenvalue weighted by molar-refractivity contribution is 0.0885. The monoisotopic (exact) mass is 428 g/mol. The summed E-state index contributed by atoms with van der Waals surface area (Å²) in [5.41, 5.74) is 1.14. The van der Waals surface area contributed by atoms with Gasteiger partial charge in [-0.25, -0.2) is 13.8 Å². The van der Waals surface area contributed by atoms with Gasteiger partial charge in [-0.3, -0.25) is 14.7 Å². The molecular weight excluding hydrogens is 406 g/mol. The summed E-state index contributed by atoms with van der Waals surface area (Å²) in [4.78, 5) is 23.5. The van der Waals surface area contributed by atoms with Crippen LogP contribution < -0.4 is 5.32 Å². The molecule has 1 aromatic carbocycles. The molecule has 2 aromatic heterocycles. The van der Waals surface area contributed by atoms with Crippen LogP contribution in [0.1, 0.15) is 39.9 Å². The number of halogens is 2. The smallest absolute Gasteiger partial charge is 0.270 e. The van der Waals surface area contributed by atoms with Gasteiger partial charge in [0, 0.05) is 24.3 Å². The summed E-state index contributed by atoms with van der Waals surface area (Å²) in [7, 11) is 0. The van der Waals surface area contributed by atoms with E-state index in [0.717, 1.165) is 36.5 Å². The van der Waals surface area contributed by atoms with E-state index >= 15 is 0 Å². The maximum absolute atomic E-state index is 13.5. The number of rotatable bonds is 6. The predicted molar refractivity (Wildman–Crippen MR) is 111 cm³/mol. The Balaban J connectivity index is 1.40.